The lowest BCUT2D eigenvalue weighted by Gasteiger charge is -2.38. The molecule has 0 bridgehead atoms. The number of piperidine rings is 1. The number of likely N-dealkylation sites (tertiary alicyclic amines) is 1. The summed E-state index contributed by atoms with van der Waals surface area (Å²) in [4.78, 5) is 26.2. The highest BCUT2D eigenvalue weighted by atomic mass is 16.2. The molecule has 0 saturated carbocycles. The van der Waals surface area contributed by atoms with Crippen molar-refractivity contribution in [1.82, 2.24) is 10.2 Å². The van der Waals surface area contributed by atoms with Gasteiger partial charge in [0.1, 0.15) is 0 Å². The molecular weight excluding hydrogens is 252 g/mol. The Kier molecular flexibility index (Phi) is 5.44. The van der Waals surface area contributed by atoms with Gasteiger partial charge in [0.15, 0.2) is 0 Å². The van der Waals surface area contributed by atoms with Crippen LogP contribution in [0.3, 0.4) is 0 Å². The van der Waals surface area contributed by atoms with Gasteiger partial charge in [-0.05, 0) is 25.7 Å². The summed E-state index contributed by atoms with van der Waals surface area (Å²) in [6.45, 7) is 4.46. The minimum absolute atomic E-state index is 0.165. The highest BCUT2D eigenvalue weighted by Gasteiger charge is 2.45. The molecule has 0 aromatic carbocycles. The zero-order chi connectivity index (χ0) is 14.4. The van der Waals surface area contributed by atoms with Crippen molar-refractivity contribution >= 4 is 11.8 Å². The molecule has 114 valence electrons. The van der Waals surface area contributed by atoms with Crippen molar-refractivity contribution in [2.75, 3.05) is 19.6 Å². The van der Waals surface area contributed by atoms with E-state index in [9.17, 15) is 9.59 Å². The molecule has 20 heavy (non-hydrogen) atoms. The Hall–Kier alpha value is -1.06. The van der Waals surface area contributed by atoms with E-state index < -0.39 is 0 Å². The number of carbonyl (C=O) groups is 2. The van der Waals surface area contributed by atoms with Crippen LogP contribution in [0, 0.1) is 5.41 Å². The van der Waals surface area contributed by atoms with Crippen LogP contribution < -0.4 is 5.32 Å². The minimum atomic E-state index is -0.268. The summed E-state index contributed by atoms with van der Waals surface area (Å²) in [6, 6.07) is 0. The van der Waals surface area contributed by atoms with E-state index in [1.165, 1.54) is 19.3 Å². The molecular formula is C16H28N2O2. The van der Waals surface area contributed by atoms with Crippen molar-refractivity contribution in [3.63, 3.8) is 0 Å². The van der Waals surface area contributed by atoms with Gasteiger partial charge in [-0.15, -0.1) is 0 Å². The Bertz CT molecular complexity index is 356. The molecule has 2 fully saturated rings. The van der Waals surface area contributed by atoms with Gasteiger partial charge in [-0.2, -0.15) is 0 Å². The highest BCUT2D eigenvalue weighted by Crippen LogP contribution is 2.36. The fraction of sp³-hybridized carbons (Fsp3) is 0.875. The van der Waals surface area contributed by atoms with Gasteiger partial charge in [0.2, 0.25) is 11.8 Å². The first kappa shape index (κ1) is 15.3. The van der Waals surface area contributed by atoms with E-state index in [-0.39, 0.29) is 17.2 Å². The normalized spacial score (nSPS) is 26.1. The summed E-state index contributed by atoms with van der Waals surface area (Å²) in [5, 5.41) is 2.93. The summed E-state index contributed by atoms with van der Waals surface area (Å²) in [7, 11) is 0. The Morgan fingerprint density at radius 3 is 2.75 bits per heavy atom. The average Bonchev–Trinajstić information content (AvgIpc) is 2.79. The summed E-state index contributed by atoms with van der Waals surface area (Å²) in [5.74, 6) is 0.415. The molecule has 4 nitrogen and oxygen atoms in total. The molecule has 4 heteroatoms. The summed E-state index contributed by atoms with van der Waals surface area (Å²) in [6.07, 6.45) is 9.34. The Balaban J connectivity index is 1.77. The second kappa shape index (κ2) is 7.09. The quantitative estimate of drug-likeness (QED) is 0.760. The maximum atomic E-state index is 12.3. The van der Waals surface area contributed by atoms with Crippen LogP contribution in [0.15, 0.2) is 0 Å². The van der Waals surface area contributed by atoms with Gasteiger partial charge >= 0.3 is 0 Å². The maximum absolute atomic E-state index is 12.3. The fourth-order valence-electron chi connectivity index (χ4n) is 3.49. The molecule has 2 aliphatic rings. The van der Waals surface area contributed by atoms with Crippen molar-refractivity contribution in [2.24, 2.45) is 5.41 Å². The van der Waals surface area contributed by atoms with Gasteiger partial charge in [-0.3, -0.25) is 9.59 Å². The van der Waals surface area contributed by atoms with Crippen molar-refractivity contribution in [2.45, 2.75) is 64.7 Å². The van der Waals surface area contributed by atoms with Crippen LogP contribution in [-0.2, 0) is 9.59 Å². The largest absolute Gasteiger partial charge is 0.356 e. The number of carbonyl (C=O) groups excluding carboxylic acids is 2. The van der Waals surface area contributed by atoms with Crippen LogP contribution >= 0.6 is 0 Å². The lowest BCUT2D eigenvalue weighted by atomic mass is 9.78. The van der Waals surface area contributed by atoms with Gasteiger partial charge < -0.3 is 10.2 Å². The van der Waals surface area contributed by atoms with Gasteiger partial charge in [-0.25, -0.2) is 0 Å². The number of rotatable bonds is 6. The molecule has 0 aromatic heterocycles. The van der Waals surface area contributed by atoms with Crippen LogP contribution in [-0.4, -0.2) is 36.3 Å². The van der Waals surface area contributed by atoms with Gasteiger partial charge in [0.25, 0.3) is 0 Å². The second-order valence-electron chi connectivity index (χ2n) is 6.37. The predicted octanol–water partition coefficient (Wildman–Crippen LogP) is 2.48. The van der Waals surface area contributed by atoms with Gasteiger partial charge in [0, 0.05) is 26.1 Å². The first-order valence-corrected chi connectivity index (χ1v) is 8.24. The van der Waals surface area contributed by atoms with Crippen molar-refractivity contribution in [3.8, 4) is 0 Å². The van der Waals surface area contributed by atoms with E-state index in [1.54, 1.807) is 0 Å². The fourth-order valence-corrected chi connectivity index (χ4v) is 3.49. The first-order chi connectivity index (χ1) is 9.68. The van der Waals surface area contributed by atoms with Crippen LogP contribution in [0.1, 0.15) is 64.7 Å². The van der Waals surface area contributed by atoms with Crippen molar-refractivity contribution in [1.29, 1.82) is 0 Å². The van der Waals surface area contributed by atoms with Gasteiger partial charge in [0.05, 0.1) is 5.41 Å². The topological polar surface area (TPSA) is 49.4 Å². The molecule has 1 N–H and O–H groups in total. The molecule has 2 heterocycles. The molecule has 1 atom stereocenters. The van der Waals surface area contributed by atoms with Crippen LogP contribution in [0.25, 0.3) is 0 Å². The van der Waals surface area contributed by atoms with E-state index in [4.69, 9.17) is 0 Å². The van der Waals surface area contributed by atoms with E-state index in [0.29, 0.717) is 13.0 Å². The number of hydrogen-bond donors (Lipinski definition) is 1. The first-order valence-electron chi connectivity index (χ1n) is 8.24. The Morgan fingerprint density at radius 1 is 1.25 bits per heavy atom. The van der Waals surface area contributed by atoms with E-state index >= 15 is 0 Å². The standard InChI is InChI=1S/C16H28N2O2/c1-2-3-4-5-6-8-14(19)18-12-7-9-16(13-18)10-11-17-15(16)20/h2-13H2,1H3,(H,17,20). The third-order valence-corrected chi connectivity index (χ3v) is 4.79. The molecule has 1 unspecified atom stereocenters. The molecule has 0 aromatic rings. The third kappa shape index (κ3) is 3.53. The zero-order valence-corrected chi connectivity index (χ0v) is 12.7. The molecule has 1 spiro atoms. The number of nitrogens with zero attached hydrogens (tertiary/aromatic N) is 1. The van der Waals surface area contributed by atoms with Crippen LogP contribution in [0.5, 0.6) is 0 Å². The summed E-state index contributed by atoms with van der Waals surface area (Å²) < 4.78 is 0. The number of hydrogen-bond acceptors (Lipinski definition) is 2. The predicted molar refractivity (Wildman–Crippen MR) is 79.2 cm³/mol. The second-order valence-corrected chi connectivity index (χ2v) is 6.37. The highest BCUT2D eigenvalue weighted by molar-refractivity contribution is 5.86. The lowest BCUT2D eigenvalue weighted by Crippen LogP contribution is -2.49. The summed E-state index contributed by atoms with van der Waals surface area (Å²) >= 11 is 0. The lowest BCUT2D eigenvalue weighted by molar-refractivity contribution is -0.139. The molecule has 0 radical (unpaired) electrons. The van der Waals surface area contributed by atoms with Crippen LogP contribution in [0.4, 0.5) is 0 Å². The number of unbranched alkanes of at least 4 members (excludes halogenated alkanes) is 4. The molecule has 2 saturated heterocycles. The third-order valence-electron chi connectivity index (χ3n) is 4.79. The average molecular weight is 280 g/mol. The zero-order valence-electron chi connectivity index (χ0n) is 12.7. The maximum Gasteiger partial charge on any atom is 0.228 e. The molecule has 0 aliphatic carbocycles. The smallest absolute Gasteiger partial charge is 0.228 e. The monoisotopic (exact) mass is 280 g/mol. The van der Waals surface area contributed by atoms with E-state index in [0.717, 1.165) is 45.2 Å². The van der Waals surface area contributed by atoms with Crippen molar-refractivity contribution in [3.05, 3.63) is 0 Å². The Labute approximate surface area is 122 Å². The van der Waals surface area contributed by atoms with E-state index in [1.807, 2.05) is 4.90 Å². The SMILES string of the molecule is CCCCCCCC(=O)N1CCCC2(CCNC2=O)C1. The Morgan fingerprint density at radius 2 is 2.05 bits per heavy atom. The van der Waals surface area contributed by atoms with E-state index in [2.05, 4.69) is 12.2 Å². The molecule has 2 aliphatic heterocycles. The number of amides is 2. The molecule has 2 amide bonds. The van der Waals surface area contributed by atoms with Crippen molar-refractivity contribution < 1.29 is 9.59 Å². The summed E-state index contributed by atoms with van der Waals surface area (Å²) in [5.41, 5.74) is -0.268. The van der Waals surface area contributed by atoms with Crippen LogP contribution in [0.2, 0.25) is 0 Å². The number of nitrogens with one attached hydrogen (secondary N) is 1. The minimum Gasteiger partial charge on any atom is -0.356 e. The molecule has 2 rings (SSSR count). The van der Waals surface area contributed by atoms with Gasteiger partial charge in [-0.1, -0.05) is 32.6 Å².